The quantitative estimate of drug-likeness (QED) is 0.342. The van der Waals surface area contributed by atoms with Crippen LogP contribution in [0.4, 0.5) is 0 Å². The van der Waals surface area contributed by atoms with Crippen molar-refractivity contribution in [3.63, 3.8) is 0 Å². The highest BCUT2D eigenvalue weighted by Gasteiger charge is 2.34. The van der Waals surface area contributed by atoms with Gasteiger partial charge in [0.15, 0.2) is 5.96 Å². The van der Waals surface area contributed by atoms with Crippen LogP contribution in [0.2, 0.25) is 0 Å². The zero-order valence-corrected chi connectivity index (χ0v) is 18.7. The molecule has 3 aliphatic heterocycles. The lowest BCUT2D eigenvalue weighted by atomic mass is 10.1. The third kappa shape index (κ3) is 5.43. The van der Waals surface area contributed by atoms with E-state index in [4.69, 9.17) is 9.47 Å². The molecule has 8 nitrogen and oxygen atoms in total. The number of ether oxygens (including phenoxy) is 2. The number of sulfonamides is 1. The van der Waals surface area contributed by atoms with Gasteiger partial charge in [0.05, 0.1) is 19.0 Å². The van der Waals surface area contributed by atoms with Crippen molar-refractivity contribution in [2.24, 2.45) is 4.99 Å². The Morgan fingerprint density at radius 2 is 1.92 bits per heavy atom. The average molecular weight is 502 g/mol. The molecular weight excluding hydrogens is 471 g/mol. The molecule has 3 saturated heterocycles. The summed E-state index contributed by atoms with van der Waals surface area (Å²) in [5.41, 5.74) is 0. The minimum absolute atomic E-state index is 0. The second-order valence-electron chi connectivity index (χ2n) is 7.00. The maximum Gasteiger partial charge on any atom is 0.211 e. The third-order valence-corrected chi connectivity index (χ3v) is 6.56. The average Bonchev–Trinajstić information content (AvgIpc) is 3.27. The molecule has 0 aromatic carbocycles. The Morgan fingerprint density at radius 3 is 2.58 bits per heavy atom. The smallest absolute Gasteiger partial charge is 0.211 e. The van der Waals surface area contributed by atoms with Crippen molar-refractivity contribution in [2.75, 3.05) is 52.7 Å². The van der Waals surface area contributed by atoms with Crippen LogP contribution in [-0.2, 0) is 19.5 Å². The lowest BCUT2D eigenvalue weighted by Gasteiger charge is -2.37. The van der Waals surface area contributed by atoms with E-state index in [0.717, 1.165) is 51.3 Å². The zero-order valence-electron chi connectivity index (χ0n) is 15.6. The van der Waals surface area contributed by atoms with Crippen LogP contribution in [0.3, 0.4) is 0 Å². The van der Waals surface area contributed by atoms with E-state index >= 15 is 0 Å². The summed E-state index contributed by atoms with van der Waals surface area (Å²) in [5, 5.41) is 3.37. The maximum atomic E-state index is 11.9. The Morgan fingerprint density at radius 1 is 1.15 bits per heavy atom. The summed E-state index contributed by atoms with van der Waals surface area (Å²) in [6, 6.07) is 0.00162. The Kier molecular flexibility index (Phi) is 8.38. The first kappa shape index (κ1) is 22.1. The Bertz CT molecular complexity index is 583. The Labute approximate surface area is 173 Å². The van der Waals surface area contributed by atoms with Crippen LogP contribution in [0.25, 0.3) is 0 Å². The second kappa shape index (κ2) is 9.85. The molecule has 0 aromatic rings. The molecule has 2 unspecified atom stereocenters. The molecule has 0 bridgehead atoms. The molecule has 3 atom stereocenters. The van der Waals surface area contributed by atoms with Crippen LogP contribution in [0.15, 0.2) is 4.99 Å². The molecule has 0 aliphatic carbocycles. The monoisotopic (exact) mass is 502 g/mol. The van der Waals surface area contributed by atoms with Gasteiger partial charge in [0.1, 0.15) is 6.10 Å². The van der Waals surface area contributed by atoms with Gasteiger partial charge in [0.2, 0.25) is 10.0 Å². The van der Waals surface area contributed by atoms with Crippen LogP contribution < -0.4 is 5.32 Å². The summed E-state index contributed by atoms with van der Waals surface area (Å²) >= 11 is 0. The zero-order chi connectivity index (χ0) is 17.9. The van der Waals surface area contributed by atoms with Crippen LogP contribution in [0.5, 0.6) is 0 Å². The lowest BCUT2D eigenvalue weighted by molar-refractivity contribution is -0.0817. The first-order chi connectivity index (χ1) is 12.0. The van der Waals surface area contributed by atoms with Gasteiger partial charge in [0.25, 0.3) is 0 Å². The number of rotatable bonds is 4. The van der Waals surface area contributed by atoms with E-state index < -0.39 is 10.0 Å². The van der Waals surface area contributed by atoms with E-state index in [1.807, 2.05) is 0 Å². The molecule has 152 valence electrons. The highest BCUT2D eigenvalue weighted by atomic mass is 127. The number of halogens is 1. The summed E-state index contributed by atoms with van der Waals surface area (Å²) in [7, 11) is -1.38. The molecule has 0 radical (unpaired) electrons. The second-order valence-corrected chi connectivity index (χ2v) is 8.94. The first-order valence-corrected chi connectivity index (χ1v) is 11.0. The summed E-state index contributed by atoms with van der Waals surface area (Å²) in [4.78, 5) is 6.58. The summed E-state index contributed by atoms with van der Waals surface area (Å²) in [6.07, 6.45) is 5.49. The molecule has 0 aromatic heterocycles. The molecule has 0 spiro atoms. The Hall–Kier alpha value is -0.170. The van der Waals surface area contributed by atoms with Gasteiger partial charge in [-0.15, -0.1) is 24.0 Å². The van der Waals surface area contributed by atoms with Crippen molar-refractivity contribution in [1.82, 2.24) is 14.5 Å². The third-order valence-electron chi connectivity index (χ3n) is 5.23. The number of nitrogens with zero attached hydrogens (tertiary/aromatic N) is 3. The predicted molar refractivity (Wildman–Crippen MR) is 112 cm³/mol. The first-order valence-electron chi connectivity index (χ1n) is 9.14. The van der Waals surface area contributed by atoms with Crippen LogP contribution >= 0.6 is 24.0 Å². The summed E-state index contributed by atoms with van der Waals surface area (Å²) in [6.45, 7) is 4.21. The molecule has 3 aliphatic rings. The van der Waals surface area contributed by atoms with Crippen molar-refractivity contribution in [3.8, 4) is 0 Å². The molecule has 3 fully saturated rings. The SMILES string of the molecule is CN=C(NC[C@H]1CCCN1S(C)(=O)=O)N1CCOC(C2CCCO2)C1.I. The standard InChI is InChI=1S/C16H30N4O4S.HI/c1-17-16(18-11-13-5-3-7-20(13)25(2,21)22)19-8-10-24-15(12-19)14-6-4-9-23-14;/h13-15H,3-12H2,1-2H3,(H,17,18);1H/t13-,14?,15?;/m1./s1. The largest absolute Gasteiger partial charge is 0.375 e. The van der Waals surface area contributed by atoms with E-state index in [1.165, 1.54) is 6.26 Å². The highest BCUT2D eigenvalue weighted by molar-refractivity contribution is 14.0. The topological polar surface area (TPSA) is 83.5 Å². The van der Waals surface area contributed by atoms with Crippen molar-refractivity contribution in [1.29, 1.82) is 0 Å². The molecular formula is C16H31IN4O4S. The van der Waals surface area contributed by atoms with Gasteiger partial charge in [-0.3, -0.25) is 4.99 Å². The van der Waals surface area contributed by atoms with Gasteiger partial charge in [-0.25, -0.2) is 8.42 Å². The van der Waals surface area contributed by atoms with Gasteiger partial charge in [-0.2, -0.15) is 4.31 Å². The number of hydrogen-bond donors (Lipinski definition) is 1. The fourth-order valence-corrected chi connectivity index (χ4v) is 5.16. The lowest BCUT2D eigenvalue weighted by Crippen LogP contribution is -2.54. The summed E-state index contributed by atoms with van der Waals surface area (Å²) < 4.78 is 37.0. The van der Waals surface area contributed by atoms with E-state index in [9.17, 15) is 8.42 Å². The molecule has 0 saturated carbocycles. The van der Waals surface area contributed by atoms with Gasteiger partial charge < -0.3 is 19.7 Å². The van der Waals surface area contributed by atoms with Gasteiger partial charge in [-0.05, 0) is 25.7 Å². The fraction of sp³-hybridized carbons (Fsp3) is 0.938. The van der Waals surface area contributed by atoms with Crippen molar-refractivity contribution >= 4 is 40.0 Å². The predicted octanol–water partition coefficient (Wildman–Crippen LogP) is 0.484. The minimum Gasteiger partial charge on any atom is -0.375 e. The van der Waals surface area contributed by atoms with Crippen LogP contribution in [0, 0.1) is 0 Å². The molecule has 0 amide bonds. The van der Waals surface area contributed by atoms with Gasteiger partial charge in [0, 0.05) is 45.9 Å². The highest BCUT2D eigenvalue weighted by Crippen LogP contribution is 2.22. The van der Waals surface area contributed by atoms with E-state index in [2.05, 4.69) is 15.2 Å². The number of aliphatic imine (C=N–C) groups is 1. The van der Waals surface area contributed by atoms with Gasteiger partial charge in [-0.1, -0.05) is 0 Å². The van der Waals surface area contributed by atoms with Gasteiger partial charge >= 0.3 is 0 Å². The minimum atomic E-state index is -3.15. The van der Waals surface area contributed by atoms with Crippen molar-refractivity contribution in [3.05, 3.63) is 0 Å². The number of guanidine groups is 1. The molecule has 10 heteroatoms. The molecule has 26 heavy (non-hydrogen) atoms. The normalized spacial score (nSPS) is 31.1. The molecule has 1 N–H and O–H groups in total. The van der Waals surface area contributed by atoms with E-state index in [-0.39, 0.29) is 42.2 Å². The maximum absolute atomic E-state index is 11.9. The number of nitrogens with one attached hydrogen (secondary N) is 1. The summed E-state index contributed by atoms with van der Waals surface area (Å²) in [5.74, 6) is 0.812. The molecule has 3 rings (SSSR count). The number of morpholine rings is 1. The van der Waals surface area contributed by atoms with Crippen molar-refractivity contribution in [2.45, 2.75) is 43.9 Å². The van der Waals surface area contributed by atoms with Crippen LogP contribution in [-0.4, -0.2) is 94.5 Å². The Balaban J connectivity index is 0.00000243. The van der Waals surface area contributed by atoms with E-state index in [0.29, 0.717) is 19.7 Å². The van der Waals surface area contributed by atoms with Crippen molar-refractivity contribution < 1.29 is 17.9 Å². The number of hydrogen-bond acceptors (Lipinski definition) is 5. The van der Waals surface area contributed by atoms with Crippen LogP contribution in [0.1, 0.15) is 25.7 Å². The fourth-order valence-electron chi connectivity index (χ4n) is 3.98. The molecule has 3 heterocycles. The van der Waals surface area contributed by atoms with E-state index in [1.54, 1.807) is 11.4 Å².